The number of anilines is 2. The first-order valence-corrected chi connectivity index (χ1v) is 12.3. The zero-order valence-electron chi connectivity index (χ0n) is 19.8. The SMILES string of the molecule is CCn1cc(-c2ccnc(N)c2)c(-c2c(F)ccc(N(C(=O)OC)S(=O)(=O)c3cc(F)ccc3F)c2F)n1. The molecule has 0 saturated heterocycles. The summed E-state index contributed by atoms with van der Waals surface area (Å²) in [6.45, 7) is 2.03. The number of pyridine rings is 1. The number of nitrogens with two attached hydrogens (primary N) is 1. The van der Waals surface area contributed by atoms with Gasteiger partial charge in [-0.25, -0.2) is 35.8 Å². The number of hydrogen-bond donors (Lipinski definition) is 1. The fourth-order valence-electron chi connectivity index (χ4n) is 3.69. The Labute approximate surface area is 214 Å². The highest BCUT2D eigenvalue weighted by molar-refractivity contribution is 7.93. The third kappa shape index (κ3) is 4.65. The standard InChI is InChI=1S/C24H19F4N5O4S/c1-3-32-12-15(13-8-9-30-20(29)10-13)23(31-32)21-17(27)6-7-18(22(21)28)33(24(34)37-2)38(35,36)19-11-14(25)4-5-16(19)26/h4-12H,3H2,1-2H3,(H2,29,30). The first kappa shape index (κ1) is 26.6. The molecule has 0 fully saturated rings. The quantitative estimate of drug-likeness (QED) is 0.345. The van der Waals surface area contributed by atoms with E-state index >= 15 is 8.78 Å². The normalized spacial score (nSPS) is 11.4. The number of carbonyl (C=O) groups is 1. The van der Waals surface area contributed by atoms with Crippen LogP contribution in [0.5, 0.6) is 0 Å². The maximum Gasteiger partial charge on any atom is 0.428 e. The summed E-state index contributed by atoms with van der Waals surface area (Å²) in [6, 6.07) is 5.82. The van der Waals surface area contributed by atoms with E-state index in [1.807, 2.05) is 0 Å². The minimum atomic E-state index is -5.29. The van der Waals surface area contributed by atoms with E-state index in [1.165, 1.54) is 29.2 Å². The number of ether oxygens (including phenoxy) is 1. The molecular formula is C24H19F4N5O4S. The van der Waals surface area contributed by atoms with Crippen LogP contribution in [0.25, 0.3) is 22.4 Å². The molecule has 198 valence electrons. The number of amides is 1. The summed E-state index contributed by atoms with van der Waals surface area (Å²) in [7, 11) is -4.49. The first-order chi connectivity index (χ1) is 18.0. The Hall–Kier alpha value is -4.46. The number of methoxy groups -OCH3 is 1. The van der Waals surface area contributed by atoms with Gasteiger partial charge in [-0.3, -0.25) is 4.68 Å². The summed E-state index contributed by atoms with van der Waals surface area (Å²) in [5.74, 6) is -5.10. The van der Waals surface area contributed by atoms with Gasteiger partial charge in [0.15, 0.2) is 5.82 Å². The van der Waals surface area contributed by atoms with Crippen molar-refractivity contribution in [2.75, 3.05) is 17.1 Å². The van der Waals surface area contributed by atoms with Crippen LogP contribution >= 0.6 is 0 Å². The second kappa shape index (κ2) is 10.1. The molecule has 1 amide bonds. The van der Waals surface area contributed by atoms with E-state index in [0.717, 1.165) is 7.11 Å². The molecule has 0 bridgehead atoms. The average molecular weight is 550 g/mol. The van der Waals surface area contributed by atoms with Crippen LogP contribution in [-0.4, -0.2) is 36.4 Å². The number of aromatic nitrogens is 3. The van der Waals surface area contributed by atoms with Crippen LogP contribution in [0.4, 0.5) is 33.9 Å². The lowest BCUT2D eigenvalue weighted by atomic mass is 10.0. The van der Waals surface area contributed by atoms with Crippen molar-refractivity contribution in [3.8, 4) is 22.4 Å². The van der Waals surface area contributed by atoms with E-state index in [9.17, 15) is 22.0 Å². The fraction of sp³-hybridized carbons (Fsp3) is 0.125. The molecule has 0 unspecified atom stereocenters. The van der Waals surface area contributed by atoms with Crippen LogP contribution in [0.1, 0.15) is 6.92 Å². The Morgan fingerprint density at radius 2 is 1.79 bits per heavy atom. The number of nitrogen functional groups attached to an aromatic ring is 1. The number of nitrogens with zero attached hydrogens (tertiary/aromatic N) is 4. The van der Waals surface area contributed by atoms with Gasteiger partial charge >= 0.3 is 6.09 Å². The maximum absolute atomic E-state index is 16.1. The summed E-state index contributed by atoms with van der Waals surface area (Å²) in [5, 5.41) is 4.22. The highest BCUT2D eigenvalue weighted by atomic mass is 32.2. The minimum absolute atomic E-state index is 0.118. The number of hydrogen-bond acceptors (Lipinski definition) is 7. The monoisotopic (exact) mass is 549 g/mol. The van der Waals surface area contributed by atoms with Crippen LogP contribution in [0, 0.1) is 23.3 Å². The molecule has 2 aromatic heterocycles. The van der Waals surface area contributed by atoms with E-state index in [1.54, 1.807) is 6.92 Å². The number of sulfonamides is 1. The molecule has 2 aromatic carbocycles. The van der Waals surface area contributed by atoms with Crippen molar-refractivity contribution in [1.29, 1.82) is 0 Å². The lowest BCUT2D eigenvalue weighted by Crippen LogP contribution is -2.38. The Kier molecular flexibility index (Phi) is 7.09. The van der Waals surface area contributed by atoms with Crippen LogP contribution in [-0.2, 0) is 21.3 Å². The van der Waals surface area contributed by atoms with Gasteiger partial charge < -0.3 is 10.5 Å². The van der Waals surface area contributed by atoms with Gasteiger partial charge in [0, 0.05) is 24.5 Å². The largest absolute Gasteiger partial charge is 0.452 e. The van der Waals surface area contributed by atoms with E-state index in [0.29, 0.717) is 42.4 Å². The molecule has 2 heterocycles. The Morgan fingerprint density at radius 1 is 1.08 bits per heavy atom. The van der Waals surface area contributed by atoms with Gasteiger partial charge in [-0.05, 0) is 55.0 Å². The molecule has 0 aliphatic heterocycles. The van der Waals surface area contributed by atoms with Gasteiger partial charge in [0.2, 0.25) is 0 Å². The van der Waals surface area contributed by atoms with Crippen molar-refractivity contribution >= 4 is 27.6 Å². The number of aryl methyl sites for hydroxylation is 1. The van der Waals surface area contributed by atoms with Crippen molar-refractivity contribution in [2.24, 2.45) is 0 Å². The molecule has 2 N–H and O–H groups in total. The third-order valence-corrected chi connectivity index (χ3v) is 7.15. The number of halogens is 4. The van der Waals surface area contributed by atoms with Crippen LogP contribution in [0.2, 0.25) is 0 Å². The summed E-state index contributed by atoms with van der Waals surface area (Å²) < 4.78 is 91.7. The highest BCUT2D eigenvalue weighted by Crippen LogP contribution is 2.39. The summed E-state index contributed by atoms with van der Waals surface area (Å²) in [5.41, 5.74) is 4.33. The van der Waals surface area contributed by atoms with E-state index in [-0.39, 0.29) is 21.4 Å². The molecule has 0 atom stereocenters. The van der Waals surface area contributed by atoms with Crippen LogP contribution < -0.4 is 10.0 Å². The lowest BCUT2D eigenvalue weighted by molar-refractivity contribution is 0.183. The predicted octanol–water partition coefficient (Wildman–Crippen LogP) is 4.73. The second-order valence-corrected chi connectivity index (χ2v) is 9.54. The Balaban J connectivity index is 1.99. The highest BCUT2D eigenvalue weighted by Gasteiger charge is 2.38. The smallest absolute Gasteiger partial charge is 0.428 e. The summed E-state index contributed by atoms with van der Waals surface area (Å²) in [6.07, 6.45) is 1.21. The van der Waals surface area contributed by atoms with E-state index in [2.05, 4.69) is 14.8 Å². The average Bonchev–Trinajstić information content (AvgIpc) is 3.31. The van der Waals surface area contributed by atoms with Gasteiger partial charge in [-0.2, -0.15) is 9.40 Å². The molecule has 4 rings (SSSR count). The summed E-state index contributed by atoms with van der Waals surface area (Å²) >= 11 is 0. The van der Waals surface area contributed by atoms with E-state index < -0.39 is 55.5 Å². The lowest BCUT2D eigenvalue weighted by Gasteiger charge is -2.23. The zero-order chi connectivity index (χ0) is 27.8. The minimum Gasteiger partial charge on any atom is -0.452 e. The van der Waals surface area contributed by atoms with Gasteiger partial charge in [0.25, 0.3) is 10.0 Å². The Bertz CT molecular complexity index is 1660. The molecule has 9 nitrogen and oxygen atoms in total. The third-order valence-electron chi connectivity index (χ3n) is 5.46. The maximum atomic E-state index is 16.1. The van der Waals surface area contributed by atoms with Crippen LogP contribution in [0.15, 0.2) is 59.8 Å². The van der Waals surface area contributed by atoms with E-state index in [4.69, 9.17) is 5.73 Å². The number of benzene rings is 2. The summed E-state index contributed by atoms with van der Waals surface area (Å²) in [4.78, 5) is 15.2. The van der Waals surface area contributed by atoms with Crippen molar-refractivity contribution in [3.05, 3.63) is 78.1 Å². The number of carbonyl (C=O) groups excluding carboxylic acids is 1. The van der Waals surface area contributed by atoms with Crippen LogP contribution in [0.3, 0.4) is 0 Å². The fourth-order valence-corrected chi connectivity index (χ4v) is 5.14. The molecule has 38 heavy (non-hydrogen) atoms. The van der Waals surface area contributed by atoms with Gasteiger partial charge in [0.1, 0.15) is 39.5 Å². The van der Waals surface area contributed by atoms with Gasteiger partial charge in [0.05, 0.1) is 12.7 Å². The van der Waals surface area contributed by atoms with Gasteiger partial charge in [-0.15, -0.1) is 0 Å². The topological polar surface area (TPSA) is 120 Å². The number of rotatable bonds is 6. The van der Waals surface area contributed by atoms with Crippen molar-refractivity contribution in [2.45, 2.75) is 18.4 Å². The van der Waals surface area contributed by atoms with Crippen molar-refractivity contribution < 1.29 is 35.5 Å². The first-order valence-electron chi connectivity index (χ1n) is 10.9. The van der Waals surface area contributed by atoms with Crippen molar-refractivity contribution in [3.63, 3.8) is 0 Å². The molecule has 0 spiro atoms. The molecule has 0 aliphatic carbocycles. The molecule has 0 radical (unpaired) electrons. The van der Waals surface area contributed by atoms with Crippen molar-refractivity contribution in [1.82, 2.24) is 14.8 Å². The zero-order valence-corrected chi connectivity index (χ0v) is 20.6. The molecular weight excluding hydrogens is 530 g/mol. The molecule has 0 saturated carbocycles. The molecule has 0 aliphatic rings. The second-order valence-electron chi connectivity index (χ2n) is 7.79. The van der Waals surface area contributed by atoms with Gasteiger partial charge in [-0.1, -0.05) is 0 Å². The molecule has 4 aromatic rings. The Morgan fingerprint density at radius 3 is 2.45 bits per heavy atom. The molecule has 14 heteroatoms. The predicted molar refractivity (Wildman–Crippen MR) is 129 cm³/mol.